The summed E-state index contributed by atoms with van der Waals surface area (Å²) in [5.74, 6) is 1.89. The van der Waals surface area contributed by atoms with E-state index in [1.54, 1.807) is 11.3 Å². The van der Waals surface area contributed by atoms with Gasteiger partial charge in [0.1, 0.15) is 16.5 Å². The summed E-state index contributed by atoms with van der Waals surface area (Å²) in [6.45, 7) is 2.69. The molecule has 0 aliphatic rings. The van der Waals surface area contributed by atoms with Crippen molar-refractivity contribution in [2.45, 2.75) is 32.6 Å². The first kappa shape index (κ1) is 15.7. The van der Waals surface area contributed by atoms with Gasteiger partial charge in [-0.1, -0.05) is 5.16 Å². The number of aryl methyl sites for hydroxylation is 2. The number of nitrogens with zero attached hydrogens (tertiary/aromatic N) is 2. The third-order valence-electron chi connectivity index (χ3n) is 3.55. The molecule has 3 aromatic rings. The summed E-state index contributed by atoms with van der Waals surface area (Å²) in [5, 5.41) is 6.92. The lowest BCUT2D eigenvalue weighted by molar-refractivity contribution is 0.303. The Balaban J connectivity index is 1.34. The van der Waals surface area contributed by atoms with Gasteiger partial charge in [-0.15, -0.1) is 11.3 Å². The van der Waals surface area contributed by atoms with Gasteiger partial charge in [-0.3, -0.25) is 0 Å². The van der Waals surface area contributed by atoms with Crippen molar-refractivity contribution >= 4 is 11.3 Å². The number of benzene rings is 1. The third kappa shape index (κ3) is 4.66. The first-order chi connectivity index (χ1) is 11.3. The second-order valence-corrected chi connectivity index (χ2v) is 6.35. The van der Waals surface area contributed by atoms with E-state index in [0.717, 1.165) is 60.1 Å². The minimum absolute atomic E-state index is 0.742. The minimum Gasteiger partial charge on any atom is -0.494 e. The van der Waals surface area contributed by atoms with Gasteiger partial charge in [0.25, 0.3) is 0 Å². The van der Waals surface area contributed by atoms with E-state index in [2.05, 4.69) is 22.3 Å². The molecule has 0 spiro atoms. The van der Waals surface area contributed by atoms with Crippen LogP contribution in [0, 0.1) is 6.92 Å². The maximum absolute atomic E-state index is 5.78. The predicted molar refractivity (Wildman–Crippen MR) is 91.8 cm³/mol. The van der Waals surface area contributed by atoms with Gasteiger partial charge in [-0.2, -0.15) is 0 Å². The molecule has 0 bridgehead atoms. The Hall–Kier alpha value is -2.14. The molecule has 5 heteroatoms. The Kier molecular flexibility index (Phi) is 5.42. The lowest BCUT2D eigenvalue weighted by atomic mass is 10.1. The van der Waals surface area contributed by atoms with E-state index >= 15 is 0 Å². The van der Waals surface area contributed by atoms with Crippen molar-refractivity contribution in [2.75, 3.05) is 6.61 Å². The monoisotopic (exact) mass is 328 g/mol. The van der Waals surface area contributed by atoms with Gasteiger partial charge in [0, 0.05) is 29.6 Å². The summed E-state index contributed by atoms with van der Waals surface area (Å²) in [5.41, 5.74) is 2.08. The smallest absolute Gasteiger partial charge is 0.136 e. The zero-order valence-corrected chi connectivity index (χ0v) is 14.0. The van der Waals surface area contributed by atoms with Crippen LogP contribution in [-0.4, -0.2) is 16.7 Å². The zero-order chi connectivity index (χ0) is 15.9. The number of ether oxygens (including phenoxy) is 1. The van der Waals surface area contributed by atoms with Gasteiger partial charge in [-0.25, -0.2) is 4.98 Å². The molecular formula is C18H20N2O2S. The van der Waals surface area contributed by atoms with Crippen molar-refractivity contribution in [3.05, 3.63) is 53.4 Å². The number of aromatic nitrogens is 2. The zero-order valence-electron chi connectivity index (χ0n) is 13.2. The van der Waals surface area contributed by atoms with Crippen LogP contribution >= 0.6 is 11.3 Å². The van der Waals surface area contributed by atoms with Gasteiger partial charge >= 0.3 is 0 Å². The van der Waals surface area contributed by atoms with E-state index < -0.39 is 0 Å². The van der Waals surface area contributed by atoms with Crippen LogP contribution in [0.3, 0.4) is 0 Å². The summed E-state index contributed by atoms with van der Waals surface area (Å²) in [4.78, 5) is 4.30. The lowest BCUT2D eigenvalue weighted by Crippen LogP contribution is -1.97. The van der Waals surface area contributed by atoms with E-state index in [9.17, 15) is 0 Å². The van der Waals surface area contributed by atoms with Crippen molar-refractivity contribution < 1.29 is 9.26 Å². The molecule has 0 radical (unpaired) electrons. The molecule has 3 rings (SSSR count). The van der Waals surface area contributed by atoms with Crippen molar-refractivity contribution in [3.8, 4) is 16.3 Å². The highest BCUT2D eigenvalue weighted by molar-refractivity contribution is 7.13. The first-order valence-corrected chi connectivity index (χ1v) is 8.74. The summed E-state index contributed by atoms with van der Waals surface area (Å²) in [6.07, 6.45) is 6.03. The van der Waals surface area contributed by atoms with E-state index in [1.807, 2.05) is 36.7 Å². The largest absolute Gasteiger partial charge is 0.494 e. The molecule has 0 N–H and O–H groups in total. The van der Waals surface area contributed by atoms with E-state index in [-0.39, 0.29) is 0 Å². The number of hydrogen-bond donors (Lipinski definition) is 0. The second-order valence-electron chi connectivity index (χ2n) is 5.46. The Bertz CT molecular complexity index is 705. The van der Waals surface area contributed by atoms with Crippen molar-refractivity contribution in [1.82, 2.24) is 10.1 Å². The molecule has 0 saturated carbocycles. The second kappa shape index (κ2) is 7.92. The van der Waals surface area contributed by atoms with Crippen LogP contribution in [0.2, 0.25) is 0 Å². The highest BCUT2D eigenvalue weighted by Crippen LogP contribution is 2.24. The predicted octanol–water partition coefficient (Wildman–Crippen LogP) is 4.90. The van der Waals surface area contributed by atoms with Gasteiger partial charge < -0.3 is 9.26 Å². The highest BCUT2D eigenvalue weighted by atomic mass is 32.1. The van der Waals surface area contributed by atoms with Gasteiger partial charge in [0.05, 0.1) is 12.3 Å². The van der Waals surface area contributed by atoms with E-state index in [4.69, 9.17) is 9.26 Å². The molecule has 2 heterocycles. The van der Waals surface area contributed by atoms with Gasteiger partial charge in [0.15, 0.2) is 0 Å². The molecule has 0 unspecified atom stereocenters. The molecule has 0 saturated heterocycles. The van der Waals surface area contributed by atoms with Crippen molar-refractivity contribution in [1.29, 1.82) is 0 Å². The number of hydrogen-bond acceptors (Lipinski definition) is 5. The average molecular weight is 328 g/mol. The standard InChI is InChI=1S/C18H20N2O2S/c1-14-13-17(22-20-14)5-3-2-4-11-21-16-8-6-15(7-9-16)18-19-10-12-23-18/h6-10,12-13H,2-5,11H2,1H3. The van der Waals surface area contributed by atoms with Crippen molar-refractivity contribution in [2.24, 2.45) is 0 Å². The molecule has 4 nitrogen and oxygen atoms in total. The quantitative estimate of drug-likeness (QED) is 0.552. The Morgan fingerprint density at radius 2 is 2.00 bits per heavy atom. The summed E-state index contributed by atoms with van der Waals surface area (Å²) >= 11 is 1.64. The molecular weight excluding hydrogens is 308 g/mol. The number of thiazole rings is 1. The molecule has 0 amide bonds. The molecule has 1 aromatic carbocycles. The lowest BCUT2D eigenvalue weighted by Gasteiger charge is -2.06. The first-order valence-electron chi connectivity index (χ1n) is 7.86. The van der Waals surface area contributed by atoms with Gasteiger partial charge in [0.2, 0.25) is 0 Å². The fraction of sp³-hybridized carbons (Fsp3) is 0.333. The summed E-state index contributed by atoms with van der Waals surface area (Å²) in [7, 11) is 0. The minimum atomic E-state index is 0.742. The van der Waals surface area contributed by atoms with Crippen LogP contribution in [0.5, 0.6) is 5.75 Å². The molecule has 120 valence electrons. The van der Waals surface area contributed by atoms with Crippen molar-refractivity contribution in [3.63, 3.8) is 0 Å². The maximum atomic E-state index is 5.78. The van der Waals surface area contributed by atoms with Crippen LogP contribution in [0.1, 0.15) is 30.7 Å². The summed E-state index contributed by atoms with van der Waals surface area (Å²) in [6, 6.07) is 10.1. The van der Waals surface area contributed by atoms with Crippen LogP contribution in [0.25, 0.3) is 10.6 Å². The van der Waals surface area contributed by atoms with Gasteiger partial charge in [-0.05, 0) is 50.5 Å². The fourth-order valence-corrected chi connectivity index (χ4v) is 3.01. The fourth-order valence-electron chi connectivity index (χ4n) is 2.36. The molecule has 2 aromatic heterocycles. The summed E-state index contributed by atoms with van der Waals surface area (Å²) < 4.78 is 11.0. The molecule has 0 aliphatic carbocycles. The highest BCUT2D eigenvalue weighted by Gasteiger charge is 2.02. The van der Waals surface area contributed by atoms with Crippen LogP contribution < -0.4 is 4.74 Å². The number of rotatable bonds is 8. The Labute approximate surface area is 140 Å². The molecule has 0 fully saturated rings. The topological polar surface area (TPSA) is 48.2 Å². The third-order valence-corrected chi connectivity index (χ3v) is 4.37. The van der Waals surface area contributed by atoms with E-state index in [1.165, 1.54) is 0 Å². The normalized spacial score (nSPS) is 10.8. The number of unbranched alkanes of at least 4 members (excludes halogenated alkanes) is 2. The SMILES string of the molecule is Cc1cc(CCCCCOc2ccc(-c3nccs3)cc2)on1. The molecule has 0 atom stereocenters. The van der Waals surface area contributed by atoms with E-state index in [0.29, 0.717) is 0 Å². The van der Waals surface area contributed by atoms with Crippen LogP contribution in [-0.2, 0) is 6.42 Å². The Morgan fingerprint density at radius 1 is 1.13 bits per heavy atom. The Morgan fingerprint density at radius 3 is 2.70 bits per heavy atom. The molecule has 0 aliphatic heterocycles. The van der Waals surface area contributed by atoms with Crippen LogP contribution in [0.4, 0.5) is 0 Å². The maximum Gasteiger partial charge on any atom is 0.136 e. The molecule has 23 heavy (non-hydrogen) atoms. The average Bonchev–Trinajstić information content (AvgIpc) is 3.23. The van der Waals surface area contributed by atoms with Crippen LogP contribution in [0.15, 0.2) is 46.4 Å².